The minimum Gasteiger partial charge on any atom is -0.490 e. The number of carbonyl (C=O) groups excluding carboxylic acids is 1. The van der Waals surface area contributed by atoms with Crippen molar-refractivity contribution in [3.05, 3.63) is 54.1 Å². The van der Waals surface area contributed by atoms with Gasteiger partial charge < -0.3 is 9.64 Å². The second kappa shape index (κ2) is 6.12. The average Bonchev–Trinajstić information content (AvgIpc) is 2.99. The summed E-state index contributed by atoms with van der Waals surface area (Å²) in [5.41, 5.74) is 4.48. The number of likely N-dealkylation sites (tertiary alicyclic amines) is 1. The summed E-state index contributed by atoms with van der Waals surface area (Å²) >= 11 is 0. The van der Waals surface area contributed by atoms with Crippen molar-refractivity contribution in [1.29, 1.82) is 0 Å². The topological polar surface area (TPSA) is 45.1 Å². The largest absolute Gasteiger partial charge is 0.490 e. The lowest BCUT2D eigenvalue weighted by molar-refractivity contribution is 0.176. The lowest BCUT2D eigenvalue weighted by atomic mass is 9.71. The van der Waals surface area contributed by atoms with Crippen LogP contribution >= 0.6 is 0 Å². The summed E-state index contributed by atoms with van der Waals surface area (Å²) in [6, 6.07) is 16.3. The molecule has 0 N–H and O–H groups in total. The van der Waals surface area contributed by atoms with Crippen molar-refractivity contribution < 1.29 is 9.53 Å². The molecule has 138 valence electrons. The van der Waals surface area contributed by atoms with E-state index in [-0.39, 0.29) is 11.4 Å². The average molecular weight is 361 g/mol. The fourth-order valence-electron chi connectivity index (χ4n) is 4.71. The predicted octanol–water partition coefficient (Wildman–Crippen LogP) is 4.15. The van der Waals surface area contributed by atoms with Crippen LogP contribution < -0.4 is 9.64 Å². The molecular weight excluding hydrogens is 338 g/mol. The molecule has 2 aromatic carbocycles. The summed E-state index contributed by atoms with van der Waals surface area (Å²) < 4.78 is 5.69. The van der Waals surface area contributed by atoms with E-state index in [9.17, 15) is 4.79 Å². The molecule has 27 heavy (non-hydrogen) atoms. The van der Waals surface area contributed by atoms with Gasteiger partial charge in [-0.1, -0.05) is 30.3 Å². The van der Waals surface area contributed by atoms with Crippen LogP contribution in [0.3, 0.4) is 0 Å². The summed E-state index contributed by atoms with van der Waals surface area (Å²) in [5, 5.41) is 0. The van der Waals surface area contributed by atoms with Crippen LogP contribution in [0.2, 0.25) is 0 Å². The van der Waals surface area contributed by atoms with Crippen LogP contribution in [0.15, 0.2) is 53.5 Å². The van der Waals surface area contributed by atoms with Gasteiger partial charge in [0.05, 0.1) is 17.9 Å². The number of rotatable bonds is 0. The Morgan fingerprint density at radius 3 is 2.63 bits per heavy atom. The van der Waals surface area contributed by atoms with Crippen LogP contribution in [0.25, 0.3) is 0 Å². The highest BCUT2D eigenvalue weighted by Gasteiger charge is 2.44. The molecule has 0 bridgehead atoms. The molecule has 3 aliphatic rings. The molecule has 0 atom stereocenters. The van der Waals surface area contributed by atoms with Crippen molar-refractivity contribution in [3.8, 4) is 5.75 Å². The summed E-state index contributed by atoms with van der Waals surface area (Å²) in [5.74, 6) is 0.790. The van der Waals surface area contributed by atoms with Gasteiger partial charge in [-0.25, -0.2) is 4.79 Å². The third-order valence-corrected chi connectivity index (χ3v) is 6.25. The molecule has 1 fully saturated rings. The number of urea groups is 1. The zero-order chi connectivity index (χ0) is 18.4. The summed E-state index contributed by atoms with van der Waals surface area (Å²) in [7, 11) is 0. The summed E-state index contributed by atoms with van der Waals surface area (Å²) in [6.45, 7) is 4.77. The van der Waals surface area contributed by atoms with Crippen molar-refractivity contribution >= 4 is 23.1 Å². The molecule has 3 aliphatic heterocycles. The number of ether oxygens (including phenoxy) is 1. The van der Waals surface area contributed by atoms with E-state index in [1.54, 1.807) is 0 Å². The predicted molar refractivity (Wildman–Crippen MR) is 106 cm³/mol. The number of carbonyl (C=O) groups is 1. The SMILES string of the molecule is CC1=Nc2ccccc2C12CCN(C(=O)N1CCOc3ccccc31)CC2. The highest BCUT2D eigenvalue weighted by atomic mass is 16.5. The molecule has 0 aromatic heterocycles. The number of aliphatic imine (C=N–C) groups is 1. The van der Waals surface area contributed by atoms with Crippen LogP contribution in [0, 0.1) is 0 Å². The van der Waals surface area contributed by atoms with E-state index in [1.807, 2.05) is 40.1 Å². The van der Waals surface area contributed by atoms with Gasteiger partial charge in [0, 0.05) is 24.2 Å². The van der Waals surface area contributed by atoms with Gasteiger partial charge in [-0.3, -0.25) is 9.89 Å². The zero-order valence-corrected chi connectivity index (χ0v) is 15.5. The van der Waals surface area contributed by atoms with E-state index in [1.165, 1.54) is 11.3 Å². The number of amides is 2. The number of para-hydroxylation sites is 3. The maximum absolute atomic E-state index is 13.2. The number of piperidine rings is 1. The Balaban J connectivity index is 1.36. The van der Waals surface area contributed by atoms with E-state index in [2.05, 4.69) is 25.1 Å². The molecule has 5 heteroatoms. The first kappa shape index (κ1) is 16.4. The second-order valence-electron chi connectivity index (χ2n) is 7.53. The lowest BCUT2D eigenvalue weighted by Gasteiger charge is -2.42. The van der Waals surface area contributed by atoms with Crippen LogP contribution in [0.5, 0.6) is 5.75 Å². The van der Waals surface area contributed by atoms with E-state index in [0.717, 1.165) is 43.1 Å². The monoisotopic (exact) mass is 361 g/mol. The Bertz CT molecular complexity index is 929. The van der Waals surface area contributed by atoms with Gasteiger partial charge in [0.2, 0.25) is 0 Å². The van der Waals surface area contributed by atoms with E-state index in [4.69, 9.17) is 9.73 Å². The number of fused-ring (bicyclic) bond motifs is 3. The molecule has 0 aliphatic carbocycles. The van der Waals surface area contributed by atoms with Gasteiger partial charge >= 0.3 is 6.03 Å². The molecule has 5 rings (SSSR count). The Morgan fingerprint density at radius 1 is 1.04 bits per heavy atom. The van der Waals surface area contributed by atoms with Crippen molar-refractivity contribution in [2.45, 2.75) is 25.2 Å². The number of hydrogen-bond donors (Lipinski definition) is 0. The highest BCUT2D eigenvalue weighted by Crippen LogP contribution is 2.46. The summed E-state index contributed by atoms with van der Waals surface area (Å²) in [4.78, 5) is 21.9. The van der Waals surface area contributed by atoms with Gasteiger partial charge in [-0.2, -0.15) is 0 Å². The number of anilines is 1. The maximum atomic E-state index is 13.2. The third kappa shape index (κ3) is 2.45. The van der Waals surface area contributed by atoms with Crippen LogP contribution in [-0.4, -0.2) is 42.9 Å². The first-order valence-corrected chi connectivity index (χ1v) is 9.63. The van der Waals surface area contributed by atoms with E-state index < -0.39 is 0 Å². The fraction of sp³-hybridized carbons (Fsp3) is 0.364. The van der Waals surface area contributed by atoms with Crippen molar-refractivity contribution in [2.75, 3.05) is 31.1 Å². The standard InChI is InChI=1S/C22H23N3O2/c1-16-22(17-6-2-3-7-18(17)23-16)10-12-24(13-11-22)21(26)25-14-15-27-20-9-5-4-8-19(20)25/h2-9H,10-15H2,1H3. The smallest absolute Gasteiger partial charge is 0.324 e. The minimum atomic E-state index is -0.00368. The van der Waals surface area contributed by atoms with Crippen molar-refractivity contribution in [2.24, 2.45) is 4.99 Å². The molecule has 5 nitrogen and oxygen atoms in total. The Kier molecular flexibility index (Phi) is 3.71. The molecule has 1 spiro atoms. The fourth-order valence-corrected chi connectivity index (χ4v) is 4.71. The van der Waals surface area contributed by atoms with Gasteiger partial charge in [0.25, 0.3) is 0 Å². The first-order chi connectivity index (χ1) is 13.2. The number of hydrogen-bond acceptors (Lipinski definition) is 3. The Morgan fingerprint density at radius 2 is 1.78 bits per heavy atom. The number of benzene rings is 2. The van der Waals surface area contributed by atoms with Crippen molar-refractivity contribution in [1.82, 2.24) is 4.90 Å². The molecule has 2 amide bonds. The normalized spacial score (nSPS) is 20.0. The third-order valence-electron chi connectivity index (χ3n) is 6.25. The minimum absolute atomic E-state index is 0.00368. The number of nitrogens with zero attached hydrogens (tertiary/aromatic N) is 3. The maximum Gasteiger partial charge on any atom is 0.324 e. The molecule has 3 heterocycles. The zero-order valence-electron chi connectivity index (χ0n) is 15.5. The van der Waals surface area contributed by atoms with E-state index >= 15 is 0 Å². The van der Waals surface area contributed by atoms with Gasteiger partial charge in [0.1, 0.15) is 12.4 Å². The molecule has 0 radical (unpaired) electrons. The van der Waals surface area contributed by atoms with Crippen molar-refractivity contribution in [3.63, 3.8) is 0 Å². The van der Waals surface area contributed by atoms with Gasteiger partial charge in [0.15, 0.2) is 0 Å². The van der Waals surface area contributed by atoms with Gasteiger partial charge in [-0.15, -0.1) is 0 Å². The molecule has 2 aromatic rings. The Hall–Kier alpha value is -2.82. The van der Waals surface area contributed by atoms with E-state index in [0.29, 0.717) is 13.2 Å². The lowest BCUT2D eigenvalue weighted by Crippen LogP contribution is -2.52. The Labute approximate surface area is 159 Å². The quantitative estimate of drug-likeness (QED) is 0.708. The highest BCUT2D eigenvalue weighted by molar-refractivity contribution is 6.01. The van der Waals surface area contributed by atoms with Crippen LogP contribution in [0.1, 0.15) is 25.3 Å². The molecule has 0 saturated carbocycles. The molecule has 0 unspecified atom stereocenters. The van der Waals surface area contributed by atoms with Crippen LogP contribution in [0.4, 0.5) is 16.2 Å². The van der Waals surface area contributed by atoms with Gasteiger partial charge in [-0.05, 0) is 43.5 Å². The first-order valence-electron chi connectivity index (χ1n) is 9.63. The molecule has 1 saturated heterocycles. The summed E-state index contributed by atoms with van der Waals surface area (Å²) in [6.07, 6.45) is 1.86. The molecular formula is C22H23N3O2. The second-order valence-corrected chi connectivity index (χ2v) is 7.53. The van der Waals surface area contributed by atoms with Crippen LogP contribution in [-0.2, 0) is 5.41 Å².